The summed E-state index contributed by atoms with van der Waals surface area (Å²) < 4.78 is 12.5. The smallest absolute Gasteiger partial charge is 0.123 e. The molecule has 13 heavy (non-hydrogen) atoms. The zero-order valence-corrected chi connectivity index (χ0v) is 8.35. The van der Waals surface area contributed by atoms with E-state index in [1.807, 2.05) is 0 Å². The molecule has 1 N–H and O–H groups in total. The molecule has 0 bridgehead atoms. The van der Waals surface area contributed by atoms with E-state index in [0.29, 0.717) is 0 Å². The molecule has 0 fully saturated rings. The molecule has 0 saturated carbocycles. The van der Waals surface area contributed by atoms with Gasteiger partial charge in [0.05, 0.1) is 6.10 Å². The summed E-state index contributed by atoms with van der Waals surface area (Å²) in [7, 11) is 0. The van der Waals surface area contributed by atoms with Gasteiger partial charge in [0.25, 0.3) is 0 Å². The van der Waals surface area contributed by atoms with E-state index in [2.05, 4.69) is 0 Å². The van der Waals surface area contributed by atoms with Gasteiger partial charge in [0.15, 0.2) is 0 Å². The summed E-state index contributed by atoms with van der Waals surface area (Å²) in [6.07, 6.45) is 0.509. The lowest BCUT2D eigenvalue weighted by Gasteiger charge is -2.03. The highest BCUT2D eigenvalue weighted by Crippen LogP contribution is 2.19. The van der Waals surface area contributed by atoms with Gasteiger partial charge in [-0.25, -0.2) is 4.39 Å². The molecule has 0 aliphatic carbocycles. The van der Waals surface area contributed by atoms with Crippen molar-refractivity contribution in [3.63, 3.8) is 0 Å². The number of halogens is 1. The molecule has 1 unspecified atom stereocenters. The van der Waals surface area contributed by atoms with Gasteiger partial charge in [-0.15, -0.1) is 11.8 Å². The fraction of sp³-hybridized carbons (Fsp3) is 0.400. The van der Waals surface area contributed by atoms with Crippen molar-refractivity contribution in [2.45, 2.75) is 24.3 Å². The van der Waals surface area contributed by atoms with Crippen molar-refractivity contribution >= 4 is 11.8 Å². The van der Waals surface area contributed by atoms with Crippen molar-refractivity contribution in [2.75, 3.05) is 5.75 Å². The summed E-state index contributed by atoms with van der Waals surface area (Å²) >= 11 is 1.63. The normalized spacial score (nSPS) is 12.8. The number of hydrogen-bond acceptors (Lipinski definition) is 2. The molecule has 0 heterocycles. The molecule has 0 radical (unpaired) electrons. The number of thioether (sulfide) groups is 1. The average molecular weight is 200 g/mol. The van der Waals surface area contributed by atoms with Crippen LogP contribution in [0.5, 0.6) is 0 Å². The zero-order valence-electron chi connectivity index (χ0n) is 7.53. The first-order valence-electron chi connectivity index (χ1n) is 4.25. The fourth-order valence-corrected chi connectivity index (χ4v) is 1.90. The topological polar surface area (TPSA) is 20.2 Å². The second-order valence-corrected chi connectivity index (χ2v) is 4.11. The van der Waals surface area contributed by atoms with Gasteiger partial charge < -0.3 is 5.11 Å². The maximum Gasteiger partial charge on any atom is 0.123 e. The van der Waals surface area contributed by atoms with Crippen LogP contribution >= 0.6 is 11.8 Å². The fourth-order valence-electron chi connectivity index (χ4n) is 0.878. The van der Waals surface area contributed by atoms with E-state index in [1.165, 1.54) is 12.1 Å². The van der Waals surface area contributed by atoms with Gasteiger partial charge in [-0.2, -0.15) is 0 Å². The minimum absolute atomic E-state index is 0.208. The lowest BCUT2D eigenvalue weighted by Crippen LogP contribution is -2.00. The highest BCUT2D eigenvalue weighted by Gasteiger charge is 1.97. The van der Waals surface area contributed by atoms with Gasteiger partial charge in [-0.05, 0) is 37.6 Å². The number of rotatable bonds is 4. The molecule has 0 saturated heterocycles. The second-order valence-electron chi connectivity index (χ2n) is 2.94. The van der Waals surface area contributed by atoms with Crippen LogP contribution in [0.1, 0.15) is 13.3 Å². The zero-order chi connectivity index (χ0) is 9.68. The van der Waals surface area contributed by atoms with E-state index in [9.17, 15) is 4.39 Å². The number of benzene rings is 1. The lowest BCUT2D eigenvalue weighted by molar-refractivity contribution is 0.192. The average Bonchev–Trinajstić information content (AvgIpc) is 2.08. The van der Waals surface area contributed by atoms with E-state index < -0.39 is 0 Å². The highest BCUT2D eigenvalue weighted by molar-refractivity contribution is 7.99. The van der Waals surface area contributed by atoms with E-state index in [-0.39, 0.29) is 11.9 Å². The third-order valence-electron chi connectivity index (χ3n) is 1.62. The molecule has 0 aliphatic rings. The molecule has 0 amide bonds. The largest absolute Gasteiger partial charge is 0.393 e. The van der Waals surface area contributed by atoms with Crippen molar-refractivity contribution in [1.82, 2.24) is 0 Å². The van der Waals surface area contributed by atoms with E-state index in [0.717, 1.165) is 17.1 Å². The SMILES string of the molecule is CC(O)CCSc1ccc(F)cc1. The minimum Gasteiger partial charge on any atom is -0.393 e. The third kappa shape index (κ3) is 4.29. The summed E-state index contributed by atoms with van der Waals surface area (Å²) in [5.74, 6) is 0.656. The monoisotopic (exact) mass is 200 g/mol. The molecule has 1 nitrogen and oxygen atoms in total. The Bertz CT molecular complexity index is 246. The molecule has 3 heteroatoms. The molecule has 0 aliphatic heterocycles. The van der Waals surface area contributed by atoms with Crippen LogP contribution in [0.4, 0.5) is 4.39 Å². The summed E-state index contributed by atoms with van der Waals surface area (Å²) in [6.45, 7) is 1.77. The number of hydrogen-bond donors (Lipinski definition) is 1. The van der Waals surface area contributed by atoms with Crippen molar-refractivity contribution in [3.8, 4) is 0 Å². The Morgan fingerprint density at radius 1 is 1.38 bits per heavy atom. The maximum atomic E-state index is 12.5. The molecule has 0 spiro atoms. The molecule has 0 aromatic heterocycles. The Morgan fingerprint density at radius 2 is 2.00 bits per heavy atom. The van der Waals surface area contributed by atoms with Crippen LogP contribution < -0.4 is 0 Å². The summed E-state index contributed by atoms with van der Waals surface area (Å²) in [6, 6.07) is 6.40. The van der Waals surface area contributed by atoms with Gasteiger partial charge in [0.1, 0.15) is 5.82 Å². The van der Waals surface area contributed by atoms with Gasteiger partial charge >= 0.3 is 0 Å². The van der Waals surface area contributed by atoms with Crippen LogP contribution in [0.25, 0.3) is 0 Å². The Labute approximate surface area is 82.0 Å². The van der Waals surface area contributed by atoms with E-state index >= 15 is 0 Å². The predicted octanol–water partition coefficient (Wildman–Crippen LogP) is 2.69. The number of aliphatic hydroxyl groups excluding tert-OH is 1. The molecule has 1 aromatic rings. The van der Waals surface area contributed by atoms with E-state index in [4.69, 9.17) is 5.11 Å². The van der Waals surface area contributed by atoms with Crippen LogP contribution in [0.2, 0.25) is 0 Å². The van der Waals surface area contributed by atoms with Crippen LogP contribution in [0.15, 0.2) is 29.2 Å². The molecule has 72 valence electrons. The Morgan fingerprint density at radius 3 is 2.54 bits per heavy atom. The number of aliphatic hydroxyl groups is 1. The summed E-state index contributed by atoms with van der Waals surface area (Å²) in [5, 5.41) is 9.00. The predicted molar refractivity (Wildman–Crippen MR) is 53.4 cm³/mol. The lowest BCUT2D eigenvalue weighted by atomic mass is 10.3. The Hall–Kier alpha value is -0.540. The second kappa shape index (κ2) is 5.25. The Balaban J connectivity index is 2.33. The van der Waals surface area contributed by atoms with Crippen LogP contribution in [-0.2, 0) is 0 Å². The van der Waals surface area contributed by atoms with Crippen molar-refractivity contribution in [3.05, 3.63) is 30.1 Å². The molecular formula is C10H13FOS. The van der Waals surface area contributed by atoms with Gasteiger partial charge in [0, 0.05) is 10.6 Å². The first kappa shape index (κ1) is 10.5. The van der Waals surface area contributed by atoms with Crippen molar-refractivity contribution < 1.29 is 9.50 Å². The molecule has 1 rings (SSSR count). The summed E-state index contributed by atoms with van der Waals surface area (Å²) in [5.41, 5.74) is 0. The van der Waals surface area contributed by atoms with Crippen molar-refractivity contribution in [1.29, 1.82) is 0 Å². The quantitative estimate of drug-likeness (QED) is 0.754. The standard InChI is InChI=1S/C10H13FOS/c1-8(12)6-7-13-10-4-2-9(11)3-5-10/h2-5,8,12H,6-7H2,1H3. The summed E-state index contributed by atoms with van der Waals surface area (Å²) in [4.78, 5) is 1.04. The van der Waals surface area contributed by atoms with E-state index in [1.54, 1.807) is 30.8 Å². The first-order chi connectivity index (χ1) is 6.18. The molecular weight excluding hydrogens is 187 g/mol. The van der Waals surface area contributed by atoms with Crippen LogP contribution in [0.3, 0.4) is 0 Å². The molecule has 1 aromatic carbocycles. The Kier molecular flexibility index (Phi) is 4.25. The third-order valence-corrected chi connectivity index (χ3v) is 2.66. The molecule has 1 atom stereocenters. The maximum absolute atomic E-state index is 12.5. The van der Waals surface area contributed by atoms with Crippen molar-refractivity contribution in [2.24, 2.45) is 0 Å². The van der Waals surface area contributed by atoms with Crippen LogP contribution in [-0.4, -0.2) is 17.0 Å². The van der Waals surface area contributed by atoms with Gasteiger partial charge in [0.2, 0.25) is 0 Å². The van der Waals surface area contributed by atoms with Crippen LogP contribution in [0, 0.1) is 5.82 Å². The van der Waals surface area contributed by atoms with Gasteiger partial charge in [-0.1, -0.05) is 0 Å². The minimum atomic E-state index is -0.257. The highest BCUT2D eigenvalue weighted by atomic mass is 32.2. The van der Waals surface area contributed by atoms with Gasteiger partial charge in [-0.3, -0.25) is 0 Å². The first-order valence-corrected chi connectivity index (χ1v) is 5.23.